The summed E-state index contributed by atoms with van der Waals surface area (Å²) in [6.45, 7) is 12.3. The van der Waals surface area contributed by atoms with Crippen LogP contribution in [0.3, 0.4) is 0 Å². The van der Waals surface area contributed by atoms with E-state index < -0.39 is 126 Å². The van der Waals surface area contributed by atoms with Gasteiger partial charge in [0, 0.05) is 106 Å². The van der Waals surface area contributed by atoms with Crippen molar-refractivity contribution >= 4 is 140 Å². The van der Waals surface area contributed by atoms with E-state index in [0.717, 1.165) is 94.4 Å². The number of para-hydroxylation sites is 7. The first-order chi connectivity index (χ1) is 62.7. The van der Waals surface area contributed by atoms with E-state index in [2.05, 4.69) is 124 Å². The lowest BCUT2D eigenvalue weighted by atomic mass is 9.33. The molecule has 2 aliphatic rings. The first kappa shape index (κ1) is 47.9. The predicted molar refractivity (Wildman–Crippen MR) is 472 cm³/mol. The zero-order valence-electron chi connectivity index (χ0n) is 81.4. The molecule has 0 saturated carbocycles. The Morgan fingerprint density at radius 3 is 1.21 bits per heavy atom. The van der Waals surface area contributed by atoms with Gasteiger partial charge in [0.05, 0.1) is 71.9 Å². The monoisotopic (exact) mass is 1440 g/mol. The van der Waals surface area contributed by atoms with Crippen LogP contribution < -0.4 is 31.1 Å². The van der Waals surface area contributed by atoms with Gasteiger partial charge in [0.15, 0.2) is 0 Å². The molecule has 0 fully saturated rings. The number of nitrogens with zero attached hydrogens (tertiary/aromatic N) is 6. The van der Waals surface area contributed by atoms with Crippen molar-refractivity contribution in [2.75, 3.05) is 14.7 Å². The Kier molecular flexibility index (Phi) is 11.0. The van der Waals surface area contributed by atoms with Gasteiger partial charge in [-0.2, -0.15) is 0 Å². The smallest absolute Gasteiger partial charge is 0.252 e. The molecule has 7 heteroatoms. The van der Waals surface area contributed by atoms with Gasteiger partial charge in [0.25, 0.3) is 6.71 Å². The summed E-state index contributed by atoms with van der Waals surface area (Å²) in [4.78, 5) is 6.27. The lowest BCUT2D eigenvalue weighted by molar-refractivity contribution is 0.590. The molecule has 6 nitrogen and oxygen atoms in total. The van der Waals surface area contributed by atoms with Crippen molar-refractivity contribution in [1.29, 1.82) is 0 Å². The minimum absolute atomic E-state index is 0.00908. The SMILES string of the molecule is [2H]c1c([2H])c(-n2c3ccccc3c3ccccc32)c([2H])c([2H])c1N(c1ccc(-n2c3c([2H])c([2H])c([2H])c([2H])c3c3c([2H])c([2H])c([2H])c([2H])c32)cc1)c1ccc2c(c1)N(c1ccccc1-c1ccccc1)c1cc(C(C)(C)C)cc3c1B2c1ccc(-n2c4c([2H])c([2H])c([2H])c([2H])c4c4c([2H])c([2H])c([2H])c([2H])c42)cc1N3c1c(-c2ccccc2)cc(C(C)(C)C)cc1-c1ccccc1. The third-order valence-corrected chi connectivity index (χ3v) is 22.1. The van der Waals surface area contributed by atoms with Gasteiger partial charge in [-0.1, -0.05) is 272 Å². The normalized spacial score (nSPS) is 15.2. The van der Waals surface area contributed by atoms with Crippen molar-refractivity contribution in [2.24, 2.45) is 0 Å². The number of hydrogen-bond acceptors (Lipinski definition) is 3. The summed E-state index contributed by atoms with van der Waals surface area (Å²) in [6.07, 6.45) is 0. The molecule has 0 radical (unpaired) electrons. The van der Waals surface area contributed by atoms with Gasteiger partial charge in [0.2, 0.25) is 0 Å². The molecule has 0 bridgehead atoms. The standard InChI is InChI=1S/C104H79BN6/c1-103(2,3)71-62-86(69-32-12-8-13-33-69)102(87(63-71)70-34-14-9-15-35-70)111-98-67-78(109-95-48-28-21-41-84(95)85-42-22-29-49-96(85)109)59-61-89(98)105-88-60-58-77(66-97(88)110(99-64-72(104(4,5)6)65-100(111)101(99)105)90-43-23-16-36-79(90)68-30-10-7-11-31-68)106(73-50-54-75(55-51-73)107-91-44-24-17-37-80(91)81-38-18-25-45-92(81)107)74-52-56-76(57-53-74)108-93-46-26-19-39-82(93)83-40-20-27-47-94(83)108/h7-67H,1-6H3/i17D,18D,21D,22D,24D,25D,28D,29D,37D,38D,41D,42D,44D,45D,48D,49D,52D,53D,56D,57D. The molecule has 0 N–H and O–H groups in total. The van der Waals surface area contributed by atoms with Crippen molar-refractivity contribution in [3.63, 3.8) is 0 Å². The van der Waals surface area contributed by atoms with Crippen LogP contribution in [-0.2, 0) is 10.8 Å². The van der Waals surface area contributed by atoms with Gasteiger partial charge in [-0.15, -0.1) is 0 Å². The predicted octanol–water partition coefficient (Wildman–Crippen LogP) is 26.1. The molecule has 0 saturated heterocycles. The summed E-state index contributed by atoms with van der Waals surface area (Å²) < 4.78 is 196. The fraction of sp³-hybridized carbons (Fsp3) is 0.0769. The Morgan fingerprint density at radius 1 is 0.279 bits per heavy atom. The van der Waals surface area contributed by atoms with Crippen LogP contribution in [0.1, 0.15) is 80.1 Å². The number of fused-ring (bicyclic) bond motifs is 13. The third-order valence-electron chi connectivity index (χ3n) is 22.1. The zero-order valence-corrected chi connectivity index (χ0v) is 61.4. The molecule has 19 aromatic rings. The van der Waals surface area contributed by atoms with Crippen LogP contribution in [0.25, 0.3) is 116 Å². The van der Waals surface area contributed by atoms with E-state index in [1.165, 1.54) is 4.57 Å². The Balaban J connectivity index is 0.901. The van der Waals surface area contributed by atoms with E-state index in [-0.39, 0.29) is 78.4 Å². The molecule has 528 valence electrons. The lowest BCUT2D eigenvalue weighted by Crippen LogP contribution is -2.61. The average Bonchev–Trinajstić information content (AvgIpc) is 0.945. The quantitative estimate of drug-likeness (QED) is 0.121. The summed E-state index contributed by atoms with van der Waals surface area (Å²) in [5, 5.41) is 1.24. The van der Waals surface area contributed by atoms with E-state index in [9.17, 15) is 19.2 Å². The molecule has 16 aromatic carbocycles. The molecule has 0 unspecified atom stereocenters. The Labute approximate surface area is 676 Å². The van der Waals surface area contributed by atoms with E-state index >= 15 is 0 Å². The van der Waals surface area contributed by atoms with Crippen LogP contribution in [0.2, 0.25) is 0 Å². The van der Waals surface area contributed by atoms with Crippen molar-refractivity contribution in [3.8, 4) is 50.4 Å². The molecule has 0 spiro atoms. The molecule has 0 aliphatic carbocycles. The number of anilines is 9. The van der Waals surface area contributed by atoms with Crippen LogP contribution in [0.5, 0.6) is 0 Å². The summed E-state index contributed by atoms with van der Waals surface area (Å²) in [5.41, 5.74) is 14.4. The van der Waals surface area contributed by atoms with Crippen molar-refractivity contribution in [1.82, 2.24) is 13.7 Å². The van der Waals surface area contributed by atoms with E-state index in [1.807, 2.05) is 152 Å². The van der Waals surface area contributed by atoms with E-state index in [1.54, 1.807) is 38.3 Å². The second-order valence-electron chi connectivity index (χ2n) is 30.5. The van der Waals surface area contributed by atoms with Crippen LogP contribution in [0.4, 0.5) is 51.2 Å². The summed E-state index contributed by atoms with van der Waals surface area (Å²) in [5.74, 6) is 0. The van der Waals surface area contributed by atoms with Gasteiger partial charge in [-0.25, -0.2) is 0 Å². The molecular weight excluding hydrogens is 1340 g/mol. The van der Waals surface area contributed by atoms with Gasteiger partial charge in [0.1, 0.15) is 0 Å². The van der Waals surface area contributed by atoms with Crippen LogP contribution >= 0.6 is 0 Å². The zero-order chi connectivity index (χ0) is 91.8. The minimum atomic E-state index is -0.772. The highest BCUT2D eigenvalue weighted by molar-refractivity contribution is 7.00. The van der Waals surface area contributed by atoms with Gasteiger partial charge in [-0.05, 0) is 194 Å². The number of benzene rings is 16. The molecule has 3 aromatic heterocycles. The number of hydrogen-bond donors (Lipinski definition) is 0. The molecule has 21 rings (SSSR count). The highest BCUT2D eigenvalue weighted by atomic mass is 15.2. The molecule has 2 aliphatic heterocycles. The van der Waals surface area contributed by atoms with Gasteiger partial charge >= 0.3 is 0 Å². The van der Waals surface area contributed by atoms with Crippen LogP contribution in [-0.4, -0.2) is 20.4 Å². The number of aromatic nitrogens is 3. The van der Waals surface area contributed by atoms with Gasteiger partial charge in [-0.3, -0.25) is 0 Å². The fourth-order valence-electron chi connectivity index (χ4n) is 16.9. The Morgan fingerprint density at radius 2 is 0.685 bits per heavy atom. The molecule has 111 heavy (non-hydrogen) atoms. The van der Waals surface area contributed by atoms with Crippen LogP contribution in [0.15, 0.2) is 370 Å². The summed E-state index contributed by atoms with van der Waals surface area (Å²) in [6, 6.07) is 71.1. The topological polar surface area (TPSA) is 24.5 Å². The second kappa shape index (κ2) is 25.5. The first-order valence-corrected chi connectivity index (χ1v) is 37.2. The maximum atomic E-state index is 10.7. The molecule has 0 atom stereocenters. The maximum Gasteiger partial charge on any atom is 0.252 e. The van der Waals surface area contributed by atoms with Crippen LogP contribution in [0, 0.1) is 0 Å². The van der Waals surface area contributed by atoms with Crippen molar-refractivity contribution in [3.05, 3.63) is 381 Å². The van der Waals surface area contributed by atoms with E-state index in [0.29, 0.717) is 33.8 Å². The van der Waals surface area contributed by atoms with Gasteiger partial charge < -0.3 is 28.4 Å². The Bertz CT molecular complexity index is 7910. The highest BCUT2D eigenvalue weighted by Gasteiger charge is 2.46. The largest absolute Gasteiger partial charge is 0.311 e. The minimum Gasteiger partial charge on any atom is -0.311 e. The molecule has 0 amide bonds. The van der Waals surface area contributed by atoms with Crippen molar-refractivity contribution < 1.29 is 27.4 Å². The fourth-order valence-corrected chi connectivity index (χ4v) is 16.9. The molecular formula is C104H79BN6. The maximum absolute atomic E-state index is 10.7. The first-order valence-electron chi connectivity index (χ1n) is 47.2. The van der Waals surface area contributed by atoms with Crippen molar-refractivity contribution in [2.45, 2.75) is 52.4 Å². The second-order valence-corrected chi connectivity index (χ2v) is 30.5. The number of rotatable bonds is 11. The highest BCUT2D eigenvalue weighted by Crippen LogP contribution is 2.55. The lowest BCUT2D eigenvalue weighted by Gasteiger charge is -2.46. The van der Waals surface area contributed by atoms with E-state index in [4.69, 9.17) is 8.22 Å². The molecule has 5 heterocycles. The Hall–Kier alpha value is -13.6. The summed E-state index contributed by atoms with van der Waals surface area (Å²) >= 11 is 0. The third kappa shape index (κ3) is 10.5. The average molecular weight is 1440 g/mol. The summed E-state index contributed by atoms with van der Waals surface area (Å²) in [7, 11) is 0.